The molecule has 2 heterocycles. The van der Waals surface area contributed by atoms with Crippen LogP contribution in [-0.2, 0) is 14.8 Å². The average molecular weight is 488 g/mol. The van der Waals surface area contributed by atoms with Gasteiger partial charge >= 0.3 is 0 Å². The lowest BCUT2D eigenvalue weighted by molar-refractivity contribution is -0.119. The minimum Gasteiger partial charge on any atom is -0.318 e. The Bertz CT molecular complexity index is 1430. The van der Waals surface area contributed by atoms with Crippen LogP contribution in [0.4, 0.5) is 5.82 Å². The fourth-order valence-corrected chi connectivity index (χ4v) is 5.14. The van der Waals surface area contributed by atoms with Gasteiger partial charge in [-0.1, -0.05) is 42.5 Å². The molecule has 0 aliphatic carbocycles. The molecule has 4 aromatic rings. The lowest BCUT2D eigenvalue weighted by Crippen LogP contribution is -2.40. The fourth-order valence-electron chi connectivity index (χ4n) is 3.74. The predicted octanol–water partition coefficient (Wildman–Crippen LogP) is 3.83. The Morgan fingerprint density at radius 3 is 2.31 bits per heavy atom. The summed E-state index contributed by atoms with van der Waals surface area (Å²) in [6.07, 6.45) is 3.03. The number of hydrogen-bond acceptors (Lipinski definition) is 5. The van der Waals surface area contributed by atoms with E-state index in [9.17, 15) is 13.2 Å². The van der Waals surface area contributed by atoms with Crippen molar-refractivity contribution in [3.63, 3.8) is 0 Å². The highest BCUT2D eigenvalue weighted by atomic mass is 32.2. The van der Waals surface area contributed by atoms with Crippen molar-refractivity contribution in [3.8, 4) is 5.69 Å². The van der Waals surface area contributed by atoms with E-state index in [1.807, 2.05) is 50.2 Å². The summed E-state index contributed by atoms with van der Waals surface area (Å²) in [6.45, 7) is 3.49. The van der Waals surface area contributed by atoms with Crippen molar-refractivity contribution < 1.29 is 13.2 Å². The molecule has 0 radical (unpaired) electrons. The summed E-state index contributed by atoms with van der Waals surface area (Å²) < 4.78 is 29.6. The van der Waals surface area contributed by atoms with E-state index in [1.165, 1.54) is 24.4 Å². The monoisotopic (exact) mass is 487 g/mol. The molecule has 0 saturated heterocycles. The Morgan fingerprint density at radius 1 is 1.00 bits per heavy atom. The summed E-state index contributed by atoms with van der Waals surface area (Å²) in [5.74, 6) is -0.454. The molecule has 9 heteroatoms. The van der Waals surface area contributed by atoms with Crippen LogP contribution in [0.5, 0.6) is 0 Å². The van der Waals surface area contributed by atoms with Gasteiger partial charge in [0.1, 0.15) is 12.4 Å². The first kappa shape index (κ1) is 23.9. The lowest BCUT2D eigenvalue weighted by atomic mass is 10.2. The molecule has 4 rings (SSSR count). The van der Waals surface area contributed by atoms with Crippen LogP contribution in [-0.4, -0.2) is 36.6 Å². The maximum atomic E-state index is 13.2. The molecule has 0 unspecified atom stereocenters. The molecule has 2 aromatic carbocycles. The van der Waals surface area contributed by atoms with Gasteiger partial charge < -0.3 is 4.57 Å². The summed E-state index contributed by atoms with van der Waals surface area (Å²) in [5, 5.41) is 4.07. The van der Waals surface area contributed by atoms with Crippen LogP contribution in [0.15, 0.2) is 101 Å². The Hall–Kier alpha value is -4.24. The van der Waals surface area contributed by atoms with Crippen molar-refractivity contribution in [2.45, 2.75) is 18.7 Å². The largest absolute Gasteiger partial charge is 0.318 e. The molecular formula is C26H25N5O3S. The summed E-state index contributed by atoms with van der Waals surface area (Å²) >= 11 is 0. The van der Waals surface area contributed by atoms with Crippen LogP contribution >= 0.6 is 0 Å². The SMILES string of the molecule is Cc1cc(/C=N/NC(=O)CN(c2ccccn2)S(=O)(=O)c2ccccc2)c(C)n1-c1ccccc1. The highest BCUT2D eigenvalue weighted by Gasteiger charge is 2.27. The third kappa shape index (κ3) is 5.30. The molecule has 0 spiro atoms. The number of para-hydroxylation sites is 1. The predicted molar refractivity (Wildman–Crippen MR) is 136 cm³/mol. The van der Waals surface area contributed by atoms with Gasteiger partial charge in [0.25, 0.3) is 15.9 Å². The third-order valence-corrected chi connectivity index (χ3v) is 7.17. The number of nitrogens with one attached hydrogen (secondary N) is 1. The van der Waals surface area contributed by atoms with E-state index in [0.29, 0.717) is 0 Å². The van der Waals surface area contributed by atoms with Crippen molar-refractivity contribution in [2.24, 2.45) is 5.10 Å². The highest BCUT2D eigenvalue weighted by molar-refractivity contribution is 7.92. The second kappa shape index (κ2) is 10.4. The van der Waals surface area contributed by atoms with Crippen molar-refractivity contribution in [3.05, 3.63) is 108 Å². The van der Waals surface area contributed by atoms with Gasteiger partial charge in [-0.2, -0.15) is 5.10 Å². The maximum absolute atomic E-state index is 13.2. The first-order valence-electron chi connectivity index (χ1n) is 10.9. The molecule has 0 atom stereocenters. The van der Waals surface area contributed by atoms with Gasteiger partial charge in [-0.3, -0.25) is 4.79 Å². The number of anilines is 1. The topological polar surface area (TPSA) is 96.7 Å². The second-order valence-electron chi connectivity index (χ2n) is 7.80. The molecule has 1 N–H and O–H groups in total. The van der Waals surface area contributed by atoms with Crippen molar-refractivity contribution in [2.75, 3.05) is 10.8 Å². The number of carbonyl (C=O) groups is 1. The molecule has 0 saturated carbocycles. The van der Waals surface area contributed by atoms with E-state index in [4.69, 9.17) is 0 Å². The van der Waals surface area contributed by atoms with Gasteiger partial charge in [-0.25, -0.2) is 23.1 Å². The Balaban J connectivity index is 1.52. The van der Waals surface area contributed by atoms with Gasteiger partial charge in [0.05, 0.1) is 11.1 Å². The second-order valence-corrected chi connectivity index (χ2v) is 9.67. The van der Waals surface area contributed by atoms with Crippen molar-refractivity contribution in [1.82, 2.24) is 15.0 Å². The van der Waals surface area contributed by atoms with Gasteiger partial charge in [0.2, 0.25) is 0 Å². The van der Waals surface area contributed by atoms with Crippen LogP contribution in [0.2, 0.25) is 0 Å². The summed E-state index contributed by atoms with van der Waals surface area (Å²) in [7, 11) is -4.01. The zero-order valence-corrected chi connectivity index (χ0v) is 20.2. The quantitative estimate of drug-likeness (QED) is 0.302. The lowest BCUT2D eigenvalue weighted by Gasteiger charge is -2.22. The zero-order chi connectivity index (χ0) is 24.8. The van der Waals surface area contributed by atoms with E-state index in [-0.39, 0.29) is 10.7 Å². The molecule has 178 valence electrons. The van der Waals surface area contributed by atoms with E-state index in [2.05, 4.69) is 20.1 Å². The van der Waals surface area contributed by atoms with E-state index in [0.717, 1.165) is 26.9 Å². The van der Waals surface area contributed by atoms with Crippen LogP contribution in [0.25, 0.3) is 5.69 Å². The molecule has 0 aliphatic heterocycles. The van der Waals surface area contributed by atoms with Crippen molar-refractivity contribution in [1.29, 1.82) is 0 Å². The molecule has 35 heavy (non-hydrogen) atoms. The third-order valence-electron chi connectivity index (χ3n) is 5.40. The number of aromatic nitrogens is 2. The maximum Gasteiger partial charge on any atom is 0.265 e. The normalized spacial score (nSPS) is 11.5. The van der Waals surface area contributed by atoms with E-state index in [1.54, 1.807) is 36.5 Å². The molecule has 0 fully saturated rings. The number of amides is 1. The van der Waals surface area contributed by atoms with Gasteiger partial charge in [-0.15, -0.1) is 0 Å². The minimum absolute atomic E-state index is 0.0651. The molecule has 0 bridgehead atoms. The molecular weight excluding hydrogens is 462 g/mol. The highest BCUT2D eigenvalue weighted by Crippen LogP contribution is 2.21. The Labute approximate surface area is 204 Å². The Morgan fingerprint density at radius 2 is 1.66 bits per heavy atom. The number of hydrogen-bond donors (Lipinski definition) is 1. The van der Waals surface area contributed by atoms with Crippen LogP contribution in [0, 0.1) is 13.8 Å². The number of aryl methyl sites for hydroxylation is 1. The number of carbonyl (C=O) groups excluding carboxylic acids is 1. The zero-order valence-electron chi connectivity index (χ0n) is 19.4. The van der Waals surface area contributed by atoms with E-state index < -0.39 is 22.5 Å². The van der Waals surface area contributed by atoms with Crippen LogP contribution in [0.1, 0.15) is 17.0 Å². The summed E-state index contributed by atoms with van der Waals surface area (Å²) in [5.41, 5.74) is 6.30. The Kier molecular flexibility index (Phi) is 7.07. The minimum atomic E-state index is -4.01. The number of benzene rings is 2. The van der Waals surface area contributed by atoms with Crippen LogP contribution < -0.4 is 9.73 Å². The summed E-state index contributed by atoms with van der Waals surface area (Å²) in [4.78, 5) is 16.9. The molecule has 2 aromatic heterocycles. The first-order chi connectivity index (χ1) is 16.9. The number of rotatable bonds is 8. The number of sulfonamides is 1. The van der Waals surface area contributed by atoms with E-state index >= 15 is 0 Å². The molecule has 0 aliphatic rings. The van der Waals surface area contributed by atoms with Gasteiger partial charge in [0.15, 0.2) is 0 Å². The number of nitrogens with zero attached hydrogens (tertiary/aromatic N) is 4. The number of hydrazone groups is 1. The summed E-state index contributed by atoms with van der Waals surface area (Å²) in [6, 6.07) is 24.7. The van der Waals surface area contributed by atoms with Gasteiger partial charge in [0, 0.05) is 28.8 Å². The van der Waals surface area contributed by atoms with Crippen LogP contribution in [0.3, 0.4) is 0 Å². The fraction of sp³-hybridized carbons (Fsp3) is 0.115. The molecule has 1 amide bonds. The first-order valence-corrected chi connectivity index (χ1v) is 12.4. The van der Waals surface area contributed by atoms with Crippen molar-refractivity contribution >= 4 is 28.0 Å². The molecule has 8 nitrogen and oxygen atoms in total. The average Bonchev–Trinajstić information content (AvgIpc) is 3.16. The standard InChI is InChI=1S/C26H25N5O3S/c1-20-17-22(21(2)31(20)23-11-5-3-6-12-23)18-28-29-26(32)19-30(25-15-9-10-16-27-25)35(33,34)24-13-7-4-8-14-24/h3-18H,19H2,1-2H3,(H,29,32)/b28-18+. The smallest absolute Gasteiger partial charge is 0.265 e. The van der Waals surface area contributed by atoms with Gasteiger partial charge in [-0.05, 0) is 56.3 Å². The number of pyridine rings is 1.